The third-order valence-electron chi connectivity index (χ3n) is 3.21. The van der Waals surface area contributed by atoms with Crippen LogP contribution in [0.3, 0.4) is 0 Å². The molecule has 0 fully saturated rings. The summed E-state index contributed by atoms with van der Waals surface area (Å²) in [6.07, 6.45) is 0.960. The van der Waals surface area contributed by atoms with Crippen LogP contribution in [0.1, 0.15) is 18.9 Å². The van der Waals surface area contributed by atoms with Crippen molar-refractivity contribution in [2.45, 2.75) is 19.9 Å². The Kier molecular flexibility index (Phi) is 5.34. The number of nitrogens with zero attached hydrogens (tertiary/aromatic N) is 1. The molecule has 0 radical (unpaired) electrons. The van der Waals surface area contributed by atoms with Crippen LogP contribution in [0.5, 0.6) is 5.75 Å². The lowest BCUT2D eigenvalue weighted by Crippen LogP contribution is -2.16. The lowest BCUT2D eigenvalue weighted by Gasteiger charge is -2.21. The number of anilines is 2. The Morgan fingerprint density at radius 3 is 2.71 bits per heavy atom. The Balaban J connectivity index is 2.13. The standard InChI is InChI=1S/C17H21ClN2O/c1-3-9-21-17-11-15(7-8-16(17)19)20(2)12-13-5-4-6-14(18)10-13/h4-8,10-11H,3,9,12,19H2,1-2H3. The number of nitrogens with two attached hydrogens (primary N) is 1. The van der Waals surface area contributed by atoms with E-state index in [1.165, 1.54) is 0 Å². The molecule has 2 rings (SSSR count). The summed E-state index contributed by atoms with van der Waals surface area (Å²) < 4.78 is 5.67. The Hall–Kier alpha value is -1.87. The van der Waals surface area contributed by atoms with E-state index in [1.54, 1.807) is 0 Å². The van der Waals surface area contributed by atoms with Crippen LogP contribution >= 0.6 is 11.6 Å². The molecule has 112 valence electrons. The van der Waals surface area contributed by atoms with Gasteiger partial charge in [-0.2, -0.15) is 0 Å². The summed E-state index contributed by atoms with van der Waals surface area (Å²) in [6.45, 7) is 3.52. The van der Waals surface area contributed by atoms with Gasteiger partial charge in [0.1, 0.15) is 5.75 Å². The van der Waals surface area contributed by atoms with E-state index in [4.69, 9.17) is 22.1 Å². The molecule has 0 aliphatic rings. The minimum atomic E-state index is 0.670. The number of ether oxygens (including phenoxy) is 1. The lowest BCUT2D eigenvalue weighted by molar-refractivity contribution is 0.319. The van der Waals surface area contributed by atoms with Crippen molar-refractivity contribution in [3.05, 3.63) is 53.1 Å². The second-order valence-electron chi connectivity index (χ2n) is 5.06. The van der Waals surface area contributed by atoms with Gasteiger partial charge in [-0.1, -0.05) is 30.7 Å². The van der Waals surface area contributed by atoms with Gasteiger partial charge < -0.3 is 15.4 Å². The largest absolute Gasteiger partial charge is 0.491 e. The van der Waals surface area contributed by atoms with Crippen LogP contribution in [0.15, 0.2) is 42.5 Å². The van der Waals surface area contributed by atoms with Crippen molar-refractivity contribution in [2.75, 3.05) is 24.3 Å². The van der Waals surface area contributed by atoms with Crippen LogP contribution in [0.2, 0.25) is 5.02 Å². The van der Waals surface area contributed by atoms with Gasteiger partial charge in [-0.3, -0.25) is 0 Å². The zero-order valence-corrected chi connectivity index (χ0v) is 13.2. The first-order chi connectivity index (χ1) is 10.1. The molecule has 0 unspecified atom stereocenters. The van der Waals surface area contributed by atoms with Crippen molar-refractivity contribution < 1.29 is 4.74 Å². The van der Waals surface area contributed by atoms with E-state index in [2.05, 4.69) is 17.9 Å². The predicted molar refractivity (Wildman–Crippen MR) is 90.2 cm³/mol. The second kappa shape index (κ2) is 7.23. The number of nitrogen functional groups attached to an aromatic ring is 1. The van der Waals surface area contributed by atoms with E-state index >= 15 is 0 Å². The van der Waals surface area contributed by atoms with Gasteiger partial charge >= 0.3 is 0 Å². The Morgan fingerprint density at radius 2 is 2.00 bits per heavy atom. The van der Waals surface area contributed by atoms with E-state index < -0.39 is 0 Å². The van der Waals surface area contributed by atoms with Crippen molar-refractivity contribution in [3.63, 3.8) is 0 Å². The van der Waals surface area contributed by atoms with Gasteiger partial charge in [0.05, 0.1) is 12.3 Å². The van der Waals surface area contributed by atoms with Gasteiger partial charge in [-0.15, -0.1) is 0 Å². The highest BCUT2D eigenvalue weighted by Crippen LogP contribution is 2.28. The zero-order chi connectivity index (χ0) is 15.2. The number of halogens is 1. The first kappa shape index (κ1) is 15.5. The molecule has 3 nitrogen and oxygen atoms in total. The number of benzene rings is 2. The van der Waals surface area contributed by atoms with Crippen molar-refractivity contribution in [2.24, 2.45) is 0 Å². The smallest absolute Gasteiger partial charge is 0.144 e. The Morgan fingerprint density at radius 1 is 1.19 bits per heavy atom. The molecule has 0 aromatic heterocycles. The Bertz CT molecular complexity index is 601. The molecule has 0 spiro atoms. The van der Waals surface area contributed by atoms with Gasteiger partial charge in [-0.05, 0) is 36.2 Å². The number of rotatable bonds is 6. The quantitative estimate of drug-likeness (QED) is 0.806. The maximum Gasteiger partial charge on any atom is 0.144 e. The normalized spacial score (nSPS) is 10.4. The highest BCUT2D eigenvalue weighted by Gasteiger charge is 2.07. The molecule has 0 atom stereocenters. The third-order valence-corrected chi connectivity index (χ3v) is 3.44. The van der Waals surface area contributed by atoms with E-state index in [-0.39, 0.29) is 0 Å². The molecular formula is C17H21ClN2O. The fraction of sp³-hybridized carbons (Fsp3) is 0.294. The Labute approximate surface area is 131 Å². The fourth-order valence-electron chi connectivity index (χ4n) is 2.10. The SMILES string of the molecule is CCCOc1cc(N(C)Cc2cccc(Cl)c2)ccc1N. The highest BCUT2D eigenvalue weighted by atomic mass is 35.5. The average molecular weight is 305 g/mol. The fourth-order valence-corrected chi connectivity index (χ4v) is 2.31. The number of hydrogen-bond acceptors (Lipinski definition) is 3. The second-order valence-corrected chi connectivity index (χ2v) is 5.49. The molecule has 0 saturated heterocycles. The molecule has 0 aliphatic heterocycles. The summed E-state index contributed by atoms with van der Waals surface area (Å²) in [7, 11) is 2.04. The minimum Gasteiger partial charge on any atom is -0.491 e. The van der Waals surface area contributed by atoms with Crippen molar-refractivity contribution >= 4 is 23.0 Å². The van der Waals surface area contributed by atoms with Gasteiger partial charge in [0.2, 0.25) is 0 Å². The van der Waals surface area contributed by atoms with Crippen LogP contribution in [-0.4, -0.2) is 13.7 Å². The molecule has 0 bridgehead atoms. The molecule has 2 aromatic rings. The molecular weight excluding hydrogens is 284 g/mol. The lowest BCUT2D eigenvalue weighted by atomic mass is 10.2. The maximum absolute atomic E-state index is 6.02. The van der Waals surface area contributed by atoms with Crippen molar-refractivity contribution in [1.29, 1.82) is 0 Å². The van der Waals surface area contributed by atoms with Crippen molar-refractivity contribution in [1.82, 2.24) is 0 Å². The van der Waals surface area contributed by atoms with Crippen LogP contribution in [0.25, 0.3) is 0 Å². The molecule has 4 heteroatoms. The van der Waals surface area contributed by atoms with Gasteiger partial charge in [-0.25, -0.2) is 0 Å². The van der Waals surface area contributed by atoms with E-state index in [0.717, 1.165) is 35.0 Å². The van der Waals surface area contributed by atoms with Crippen LogP contribution < -0.4 is 15.4 Å². The van der Waals surface area contributed by atoms with E-state index in [1.807, 2.05) is 43.4 Å². The first-order valence-electron chi connectivity index (χ1n) is 7.08. The van der Waals surface area contributed by atoms with Crippen LogP contribution in [0, 0.1) is 0 Å². The zero-order valence-electron chi connectivity index (χ0n) is 12.5. The first-order valence-corrected chi connectivity index (χ1v) is 7.46. The summed E-state index contributed by atoms with van der Waals surface area (Å²) in [5, 5.41) is 0.755. The third kappa shape index (κ3) is 4.30. The molecule has 0 heterocycles. The topological polar surface area (TPSA) is 38.5 Å². The molecule has 0 saturated carbocycles. The van der Waals surface area contributed by atoms with Gasteiger partial charge in [0.15, 0.2) is 0 Å². The summed E-state index contributed by atoms with van der Waals surface area (Å²) in [5.41, 5.74) is 8.84. The van der Waals surface area contributed by atoms with Crippen molar-refractivity contribution in [3.8, 4) is 5.75 Å². The molecule has 0 aliphatic carbocycles. The summed E-state index contributed by atoms with van der Waals surface area (Å²) in [6, 6.07) is 13.7. The molecule has 2 N–H and O–H groups in total. The molecule has 2 aromatic carbocycles. The van der Waals surface area contributed by atoms with Gasteiger partial charge in [0, 0.05) is 30.4 Å². The summed E-state index contributed by atoms with van der Waals surface area (Å²) >= 11 is 6.02. The van der Waals surface area contributed by atoms with Crippen LogP contribution in [-0.2, 0) is 6.54 Å². The maximum atomic E-state index is 6.02. The monoisotopic (exact) mass is 304 g/mol. The molecule has 21 heavy (non-hydrogen) atoms. The predicted octanol–water partition coefficient (Wildman–Crippen LogP) is 4.35. The molecule has 0 amide bonds. The summed E-state index contributed by atoms with van der Waals surface area (Å²) in [4.78, 5) is 2.14. The van der Waals surface area contributed by atoms with E-state index in [9.17, 15) is 0 Å². The van der Waals surface area contributed by atoms with Crippen LogP contribution in [0.4, 0.5) is 11.4 Å². The summed E-state index contributed by atoms with van der Waals surface area (Å²) in [5.74, 6) is 0.743. The average Bonchev–Trinajstić information content (AvgIpc) is 2.46. The number of hydrogen-bond donors (Lipinski definition) is 1. The minimum absolute atomic E-state index is 0.670. The highest BCUT2D eigenvalue weighted by molar-refractivity contribution is 6.30. The van der Waals surface area contributed by atoms with E-state index in [0.29, 0.717) is 12.3 Å². The van der Waals surface area contributed by atoms with Gasteiger partial charge in [0.25, 0.3) is 0 Å².